The van der Waals surface area contributed by atoms with E-state index in [2.05, 4.69) is 37.1 Å². The molecule has 0 bridgehead atoms. The second-order valence-corrected chi connectivity index (χ2v) is 3.07. The first-order valence-corrected chi connectivity index (χ1v) is 4.15. The number of allylic oxidation sites excluding steroid dienone is 2. The molecule has 58 valence electrons. The molecule has 0 fully saturated rings. The zero-order chi connectivity index (χ0) is 8.39. The number of aromatic nitrogens is 1. The van der Waals surface area contributed by atoms with Crippen molar-refractivity contribution >= 4 is 20.0 Å². The van der Waals surface area contributed by atoms with Crippen molar-refractivity contribution < 1.29 is 0 Å². The lowest BCUT2D eigenvalue weighted by atomic mass is 9.92. The maximum atomic E-state index is 4.29. The van der Waals surface area contributed by atoms with Crippen LogP contribution in [0.3, 0.4) is 0 Å². The summed E-state index contributed by atoms with van der Waals surface area (Å²) in [4.78, 5) is 4.29. The maximum absolute atomic E-state index is 4.29. The normalized spacial score (nSPS) is 14.8. The first kappa shape index (κ1) is 7.35. The van der Waals surface area contributed by atoms with E-state index in [-0.39, 0.29) is 0 Å². The topological polar surface area (TPSA) is 12.9 Å². The molecule has 0 aliphatic heterocycles. The van der Waals surface area contributed by atoms with Gasteiger partial charge in [0.15, 0.2) is 0 Å². The molecule has 0 atom stereocenters. The van der Waals surface area contributed by atoms with Crippen LogP contribution in [0.2, 0.25) is 0 Å². The summed E-state index contributed by atoms with van der Waals surface area (Å²) in [6, 6.07) is 4.06. The smallest absolute Gasteiger partial charge is 0.134 e. The van der Waals surface area contributed by atoms with Crippen LogP contribution in [-0.4, -0.2) is 12.8 Å². The highest BCUT2D eigenvalue weighted by molar-refractivity contribution is 6.22. The number of rotatable bonds is 0. The van der Waals surface area contributed by atoms with Gasteiger partial charge in [-0.25, -0.2) is 0 Å². The molecule has 1 aromatic rings. The number of hydrogen-bond acceptors (Lipinski definition) is 1. The van der Waals surface area contributed by atoms with Crippen molar-refractivity contribution in [3.63, 3.8) is 0 Å². The van der Waals surface area contributed by atoms with Gasteiger partial charge in [0.2, 0.25) is 0 Å². The van der Waals surface area contributed by atoms with E-state index in [4.69, 9.17) is 0 Å². The zero-order valence-electron chi connectivity index (χ0n) is 7.12. The highest BCUT2D eigenvalue weighted by atomic mass is 14.6. The standard InChI is InChI=1S/C10H10BN/c11-9-4-3-8-2-1-7-12-10(8)6-5-9/h1-4,6-7H,5,11H2. The van der Waals surface area contributed by atoms with Crippen LogP contribution in [0.5, 0.6) is 0 Å². The van der Waals surface area contributed by atoms with E-state index < -0.39 is 0 Å². The molecule has 0 unspecified atom stereocenters. The molecule has 0 radical (unpaired) electrons. The second kappa shape index (κ2) is 2.98. The van der Waals surface area contributed by atoms with Crippen LogP contribution >= 0.6 is 0 Å². The fourth-order valence-corrected chi connectivity index (χ4v) is 1.30. The lowest BCUT2D eigenvalue weighted by Crippen LogP contribution is -2.26. The molecule has 0 saturated carbocycles. The average molecular weight is 155 g/mol. The molecule has 2 heteroatoms. The van der Waals surface area contributed by atoms with Gasteiger partial charge in [0.1, 0.15) is 7.85 Å². The van der Waals surface area contributed by atoms with E-state index >= 15 is 0 Å². The van der Waals surface area contributed by atoms with E-state index in [9.17, 15) is 0 Å². The van der Waals surface area contributed by atoms with Crippen LogP contribution in [0.25, 0.3) is 12.2 Å². The van der Waals surface area contributed by atoms with Crippen LogP contribution < -0.4 is 10.6 Å². The third kappa shape index (κ3) is 1.33. The molecule has 0 aromatic carbocycles. The van der Waals surface area contributed by atoms with Crippen molar-refractivity contribution in [3.8, 4) is 0 Å². The molecule has 0 saturated heterocycles. The van der Waals surface area contributed by atoms with E-state index in [0.717, 1.165) is 11.8 Å². The van der Waals surface area contributed by atoms with Crippen LogP contribution in [0, 0.1) is 0 Å². The Hall–Kier alpha value is -1.31. The van der Waals surface area contributed by atoms with Gasteiger partial charge in [-0.2, -0.15) is 0 Å². The Morgan fingerprint density at radius 3 is 3.17 bits per heavy atom. The fourth-order valence-electron chi connectivity index (χ4n) is 1.30. The molecule has 1 heterocycles. The lowest BCUT2D eigenvalue weighted by molar-refractivity contribution is 1.21. The fraction of sp³-hybridized carbons (Fsp3) is 0.100. The van der Waals surface area contributed by atoms with Gasteiger partial charge in [-0.15, -0.1) is 5.47 Å². The molecule has 1 nitrogen and oxygen atoms in total. The van der Waals surface area contributed by atoms with Gasteiger partial charge in [0.05, 0.1) is 5.35 Å². The quantitative estimate of drug-likeness (QED) is 0.463. The summed E-state index contributed by atoms with van der Waals surface area (Å²) < 4.78 is 0. The minimum atomic E-state index is 1.01. The van der Waals surface area contributed by atoms with E-state index in [0.29, 0.717) is 0 Å². The van der Waals surface area contributed by atoms with Crippen LogP contribution in [0.15, 0.2) is 29.9 Å². The minimum Gasteiger partial charge on any atom is -0.257 e. The van der Waals surface area contributed by atoms with Gasteiger partial charge >= 0.3 is 0 Å². The van der Waals surface area contributed by atoms with Gasteiger partial charge in [0.25, 0.3) is 0 Å². The van der Waals surface area contributed by atoms with Gasteiger partial charge < -0.3 is 0 Å². The maximum Gasteiger partial charge on any atom is 0.134 e. The molecule has 1 aliphatic carbocycles. The Balaban J connectivity index is 2.72. The highest BCUT2D eigenvalue weighted by Gasteiger charge is 1.91. The minimum absolute atomic E-state index is 1.01. The molecule has 1 aliphatic rings. The Morgan fingerprint density at radius 2 is 2.25 bits per heavy atom. The van der Waals surface area contributed by atoms with Crippen molar-refractivity contribution in [2.24, 2.45) is 0 Å². The monoisotopic (exact) mass is 155 g/mol. The molecule has 0 N–H and O–H groups in total. The van der Waals surface area contributed by atoms with Crippen molar-refractivity contribution in [2.75, 3.05) is 0 Å². The zero-order valence-corrected chi connectivity index (χ0v) is 7.12. The Morgan fingerprint density at radius 1 is 1.33 bits per heavy atom. The highest BCUT2D eigenvalue weighted by Crippen LogP contribution is 1.97. The van der Waals surface area contributed by atoms with Gasteiger partial charge in [-0.05, 0) is 17.7 Å². The van der Waals surface area contributed by atoms with E-state index in [1.807, 2.05) is 12.3 Å². The largest absolute Gasteiger partial charge is 0.257 e. The number of pyridine rings is 1. The van der Waals surface area contributed by atoms with Crippen LogP contribution in [-0.2, 0) is 0 Å². The van der Waals surface area contributed by atoms with Crippen molar-refractivity contribution in [3.05, 3.63) is 40.4 Å². The third-order valence-electron chi connectivity index (χ3n) is 2.04. The summed E-state index contributed by atoms with van der Waals surface area (Å²) in [6.07, 6.45) is 9.31. The van der Waals surface area contributed by atoms with Gasteiger partial charge in [-0.3, -0.25) is 4.98 Å². The van der Waals surface area contributed by atoms with Gasteiger partial charge in [-0.1, -0.05) is 24.3 Å². The molecule has 2 rings (SSSR count). The molecule has 12 heavy (non-hydrogen) atoms. The average Bonchev–Trinajstić information content (AvgIpc) is 2.29. The van der Waals surface area contributed by atoms with Crippen LogP contribution in [0.4, 0.5) is 0 Å². The Kier molecular flexibility index (Phi) is 1.82. The summed E-state index contributed by atoms with van der Waals surface area (Å²) in [5.74, 6) is 0. The molecule has 0 spiro atoms. The summed E-state index contributed by atoms with van der Waals surface area (Å²) >= 11 is 0. The van der Waals surface area contributed by atoms with Gasteiger partial charge in [0, 0.05) is 6.20 Å². The summed E-state index contributed by atoms with van der Waals surface area (Å²) in [5.41, 5.74) is 1.38. The van der Waals surface area contributed by atoms with Crippen molar-refractivity contribution in [1.29, 1.82) is 0 Å². The predicted molar refractivity (Wildman–Crippen MR) is 53.7 cm³/mol. The summed E-state index contributed by atoms with van der Waals surface area (Å²) in [7, 11) is 2.14. The summed E-state index contributed by atoms with van der Waals surface area (Å²) in [6.45, 7) is 0. The molecule has 1 aromatic heterocycles. The Labute approximate surface area is 72.6 Å². The second-order valence-electron chi connectivity index (χ2n) is 3.07. The molecular weight excluding hydrogens is 145 g/mol. The Bertz CT molecular complexity index is 431. The number of hydrogen-bond donors (Lipinski definition) is 0. The van der Waals surface area contributed by atoms with Crippen LogP contribution in [0.1, 0.15) is 6.42 Å². The van der Waals surface area contributed by atoms with Crippen molar-refractivity contribution in [2.45, 2.75) is 6.42 Å². The predicted octanol–water partition coefficient (Wildman–Crippen LogP) is -0.437. The first-order valence-electron chi connectivity index (χ1n) is 4.15. The number of nitrogens with zero attached hydrogens (tertiary/aromatic N) is 1. The first-order chi connectivity index (χ1) is 5.86. The van der Waals surface area contributed by atoms with Crippen molar-refractivity contribution in [1.82, 2.24) is 4.98 Å². The number of fused-ring (bicyclic) bond motifs is 1. The van der Waals surface area contributed by atoms with E-state index in [1.165, 1.54) is 10.7 Å². The van der Waals surface area contributed by atoms with E-state index in [1.54, 1.807) is 0 Å². The summed E-state index contributed by atoms with van der Waals surface area (Å²) in [5, 5.41) is 2.32. The molecule has 0 amide bonds. The third-order valence-corrected chi connectivity index (χ3v) is 2.04. The lowest BCUT2D eigenvalue weighted by Gasteiger charge is -1.87. The molecular formula is C10H10BN. The SMILES string of the molecule is BC1=CC=c2cccnc2=CC1.